The van der Waals surface area contributed by atoms with Crippen LogP contribution < -0.4 is 10.2 Å². The third-order valence-corrected chi connectivity index (χ3v) is 3.77. The fraction of sp³-hybridized carbons (Fsp3) is 0.692. The van der Waals surface area contributed by atoms with Gasteiger partial charge in [-0.1, -0.05) is 18.5 Å². The van der Waals surface area contributed by atoms with E-state index in [0.29, 0.717) is 17.0 Å². The molecule has 0 radical (unpaired) electrons. The molecule has 1 fully saturated rings. The number of hydrogen-bond acceptors (Lipinski definition) is 4. The standard InChI is InChI=1S/C13H21ClN4/c1-4-7-15-13-16-8-11(14)12(17-13)18(3)9(2)10-5-6-10/h8-10H,4-7H2,1-3H3,(H,15,16,17). The largest absolute Gasteiger partial charge is 0.355 e. The predicted octanol–water partition coefficient (Wildman–Crippen LogP) is 3.19. The maximum Gasteiger partial charge on any atom is 0.224 e. The molecule has 1 aliphatic carbocycles. The number of nitrogens with one attached hydrogen (secondary N) is 1. The van der Waals surface area contributed by atoms with Gasteiger partial charge in [-0.05, 0) is 32.1 Å². The minimum Gasteiger partial charge on any atom is -0.355 e. The molecule has 18 heavy (non-hydrogen) atoms. The molecule has 0 amide bonds. The first-order chi connectivity index (χ1) is 8.63. The van der Waals surface area contributed by atoms with Gasteiger partial charge in [-0.3, -0.25) is 0 Å². The zero-order valence-electron chi connectivity index (χ0n) is 11.3. The Labute approximate surface area is 114 Å². The van der Waals surface area contributed by atoms with Gasteiger partial charge < -0.3 is 10.2 Å². The van der Waals surface area contributed by atoms with E-state index in [2.05, 4.69) is 41.1 Å². The van der Waals surface area contributed by atoms with Gasteiger partial charge in [0, 0.05) is 19.6 Å². The van der Waals surface area contributed by atoms with Crippen molar-refractivity contribution in [1.29, 1.82) is 0 Å². The molecule has 1 atom stereocenters. The highest BCUT2D eigenvalue weighted by Crippen LogP contribution is 2.37. The minimum atomic E-state index is 0.483. The summed E-state index contributed by atoms with van der Waals surface area (Å²) >= 11 is 6.20. The van der Waals surface area contributed by atoms with Crippen molar-refractivity contribution in [3.8, 4) is 0 Å². The Morgan fingerprint density at radius 2 is 2.28 bits per heavy atom. The third-order valence-electron chi connectivity index (χ3n) is 3.51. The summed E-state index contributed by atoms with van der Waals surface area (Å²) in [5.74, 6) is 2.27. The lowest BCUT2D eigenvalue weighted by Crippen LogP contribution is -2.31. The number of aromatic nitrogens is 2. The first-order valence-corrected chi connectivity index (χ1v) is 7.00. The second kappa shape index (κ2) is 5.74. The molecule has 4 nitrogen and oxygen atoms in total. The second-order valence-electron chi connectivity index (χ2n) is 4.98. The van der Waals surface area contributed by atoms with Gasteiger partial charge in [0.1, 0.15) is 5.02 Å². The summed E-state index contributed by atoms with van der Waals surface area (Å²) < 4.78 is 0. The zero-order valence-corrected chi connectivity index (χ0v) is 12.0. The fourth-order valence-corrected chi connectivity index (χ4v) is 2.24. The third kappa shape index (κ3) is 3.05. The Morgan fingerprint density at radius 1 is 1.56 bits per heavy atom. The van der Waals surface area contributed by atoms with E-state index in [1.165, 1.54) is 12.8 Å². The molecule has 1 aromatic rings. The highest BCUT2D eigenvalue weighted by molar-refractivity contribution is 6.32. The van der Waals surface area contributed by atoms with Crippen LogP contribution in [0.1, 0.15) is 33.1 Å². The van der Waals surface area contributed by atoms with Crippen LogP contribution in [0.3, 0.4) is 0 Å². The Bertz CT molecular complexity index is 406. The summed E-state index contributed by atoms with van der Waals surface area (Å²) in [6.45, 7) is 5.23. The van der Waals surface area contributed by atoms with Crippen LogP contribution in [0.2, 0.25) is 5.02 Å². The average molecular weight is 269 g/mol. The SMILES string of the molecule is CCCNc1ncc(Cl)c(N(C)C(C)C2CC2)n1. The average Bonchev–Trinajstić information content (AvgIpc) is 3.20. The molecule has 0 aromatic carbocycles. The highest BCUT2D eigenvalue weighted by Gasteiger charge is 2.31. The molecule has 100 valence electrons. The van der Waals surface area contributed by atoms with Crippen molar-refractivity contribution in [3.63, 3.8) is 0 Å². The topological polar surface area (TPSA) is 41.1 Å². The molecule has 1 N–H and O–H groups in total. The van der Waals surface area contributed by atoms with Crippen LogP contribution in [0.25, 0.3) is 0 Å². The summed E-state index contributed by atoms with van der Waals surface area (Å²) in [5, 5.41) is 3.81. The number of rotatable bonds is 6. The summed E-state index contributed by atoms with van der Waals surface area (Å²) in [4.78, 5) is 10.9. The summed E-state index contributed by atoms with van der Waals surface area (Å²) in [6.07, 6.45) is 5.36. The number of nitrogens with zero attached hydrogens (tertiary/aromatic N) is 3. The summed E-state index contributed by atoms with van der Waals surface area (Å²) in [6, 6.07) is 0.483. The second-order valence-corrected chi connectivity index (χ2v) is 5.39. The van der Waals surface area contributed by atoms with Crippen molar-refractivity contribution in [3.05, 3.63) is 11.2 Å². The quantitative estimate of drug-likeness (QED) is 0.860. The lowest BCUT2D eigenvalue weighted by molar-refractivity contribution is 0.603. The number of halogens is 1. The maximum absolute atomic E-state index is 6.20. The molecule has 1 aromatic heterocycles. The van der Waals surface area contributed by atoms with Crippen LogP contribution in [-0.4, -0.2) is 29.6 Å². The fourth-order valence-electron chi connectivity index (χ4n) is 2.02. The molecule has 1 unspecified atom stereocenters. The molecular formula is C13H21ClN4. The molecule has 0 spiro atoms. The predicted molar refractivity (Wildman–Crippen MR) is 76.4 cm³/mol. The molecule has 0 aliphatic heterocycles. The van der Waals surface area contributed by atoms with E-state index in [-0.39, 0.29) is 0 Å². The van der Waals surface area contributed by atoms with Crippen molar-refractivity contribution in [2.24, 2.45) is 5.92 Å². The van der Waals surface area contributed by atoms with Gasteiger partial charge in [0.05, 0.1) is 6.20 Å². The van der Waals surface area contributed by atoms with Crippen LogP contribution in [-0.2, 0) is 0 Å². The Kier molecular flexibility index (Phi) is 4.27. The van der Waals surface area contributed by atoms with E-state index >= 15 is 0 Å². The van der Waals surface area contributed by atoms with Crippen molar-refractivity contribution < 1.29 is 0 Å². The van der Waals surface area contributed by atoms with Gasteiger partial charge in [-0.15, -0.1) is 0 Å². The van der Waals surface area contributed by atoms with Gasteiger partial charge in [-0.25, -0.2) is 4.98 Å². The maximum atomic E-state index is 6.20. The smallest absolute Gasteiger partial charge is 0.224 e. The Hall–Kier alpha value is -1.03. The summed E-state index contributed by atoms with van der Waals surface area (Å²) in [7, 11) is 2.06. The highest BCUT2D eigenvalue weighted by atomic mass is 35.5. The molecule has 1 saturated carbocycles. The van der Waals surface area contributed by atoms with E-state index in [0.717, 1.165) is 24.7 Å². The van der Waals surface area contributed by atoms with Gasteiger partial charge in [0.2, 0.25) is 5.95 Å². The Morgan fingerprint density at radius 3 is 2.89 bits per heavy atom. The van der Waals surface area contributed by atoms with Crippen LogP contribution in [0.4, 0.5) is 11.8 Å². The van der Waals surface area contributed by atoms with E-state index in [1.807, 2.05) is 0 Å². The zero-order chi connectivity index (χ0) is 13.1. The normalized spacial score (nSPS) is 16.4. The molecule has 2 rings (SSSR count). The van der Waals surface area contributed by atoms with Gasteiger partial charge >= 0.3 is 0 Å². The Balaban J connectivity index is 2.13. The van der Waals surface area contributed by atoms with Crippen molar-refractivity contribution >= 4 is 23.4 Å². The van der Waals surface area contributed by atoms with Crippen LogP contribution in [0.5, 0.6) is 0 Å². The molecule has 5 heteroatoms. The summed E-state index contributed by atoms with van der Waals surface area (Å²) in [5.41, 5.74) is 0. The van der Waals surface area contributed by atoms with Crippen molar-refractivity contribution in [2.45, 2.75) is 39.2 Å². The van der Waals surface area contributed by atoms with Gasteiger partial charge in [0.25, 0.3) is 0 Å². The van der Waals surface area contributed by atoms with Crippen molar-refractivity contribution in [1.82, 2.24) is 9.97 Å². The number of hydrogen-bond donors (Lipinski definition) is 1. The van der Waals surface area contributed by atoms with E-state index in [4.69, 9.17) is 11.6 Å². The van der Waals surface area contributed by atoms with Gasteiger partial charge in [0.15, 0.2) is 5.82 Å². The van der Waals surface area contributed by atoms with E-state index in [1.54, 1.807) is 6.20 Å². The monoisotopic (exact) mass is 268 g/mol. The molecule has 1 aliphatic rings. The molecule has 1 heterocycles. The van der Waals surface area contributed by atoms with Crippen LogP contribution in [0, 0.1) is 5.92 Å². The lowest BCUT2D eigenvalue weighted by Gasteiger charge is -2.26. The van der Waals surface area contributed by atoms with Crippen molar-refractivity contribution in [2.75, 3.05) is 23.8 Å². The first-order valence-electron chi connectivity index (χ1n) is 6.62. The van der Waals surface area contributed by atoms with Gasteiger partial charge in [-0.2, -0.15) is 4.98 Å². The van der Waals surface area contributed by atoms with E-state index < -0.39 is 0 Å². The van der Waals surface area contributed by atoms with Crippen LogP contribution in [0.15, 0.2) is 6.20 Å². The lowest BCUT2D eigenvalue weighted by atomic mass is 10.2. The molecule has 0 saturated heterocycles. The van der Waals surface area contributed by atoms with E-state index in [9.17, 15) is 0 Å². The molecular weight excluding hydrogens is 248 g/mol. The van der Waals surface area contributed by atoms with Crippen LogP contribution >= 0.6 is 11.6 Å². The first kappa shape index (κ1) is 13.4. The number of anilines is 2. The minimum absolute atomic E-state index is 0.483. The molecule has 0 bridgehead atoms.